The highest BCUT2D eigenvalue weighted by atomic mass is 32.2. The first kappa shape index (κ1) is 20.4. The summed E-state index contributed by atoms with van der Waals surface area (Å²) in [6.45, 7) is 1.21. The summed E-state index contributed by atoms with van der Waals surface area (Å²) in [7, 11) is -3.22. The lowest BCUT2D eigenvalue weighted by atomic mass is 10.2. The largest absolute Gasteiger partial charge is 0.465 e. The number of nitrogens with zero attached hydrogens (tertiary/aromatic N) is 4. The molecule has 0 fully saturated rings. The SMILES string of the molecule is Cc1ccnc(S(=O)(=O)n2cc(CN(C)C(=O)O)c(F)c2-c2cccnc2F)c1. The summed E-state index contributed by atoms with van der Waals surface area (Å²) in [4.78, 5) is 19.1. The van der Waals surface area contributed by atoms with Gasteiger partial charge in [0, 0.05) is 31.2 Å². The number of carboxylic acid groups (broad SMARTS) is 1. The lowest BCUT2D eigenvalue weighted by Gasteiger charge is -2.11. The van der Waals surface area contributed by atoms with Crippen LogP contribution in [0.1, 0.15) is 11.1 Å². The predicted octanol–water partition coefficient (Wildman–Crippen LogP) is 2.88. The molecule has 1 N–H and O–H groups in total. The average Bonchev–Trinajstić information content (AvgIpc) is 2.99. The van der Waals surface area contributed by atoms with Crippen LogP contribution in [0.15, 0.2) is 47.9 Å². The molecule has 0 saturated heterocycles. The molecule has 0 aromatic carbocycles. The molecule has 152 valence electrons. The van der Waals surface area contributed by atoms with Gasteiger partial charge in [-0.2, -0.15) is 12.8 Å². The molecule has 0 aliphatic carbocycles. The number of aromatic nitrogens is 3. The van der Waals surface area contributed by atoms with Gasteiger partial charge in [-0.1, -0.05) is 0 Å². The Labute approximate surface area is 165 Å². The number of halogens is 2. The first-order valence-electron chi connectivity index (χ1n) is 8.26. The van der Waals surface area contributed by atoms with E-state index in [4.69, 9.17) is 5.11 Å². The zero-order valence-corrected chi connectivity index (χ0v) is 16.2. The van der Waals surface area contributed by atoms with Crippen molar-refractivity contribution in [2.24, 2.45) is 0 Å². The van der Waals surface area contributed by atoms with E-state index in [0.717, 1.165) is 17.3 Å². The van der Waals surface area contributed by atoms with Gasteiger partial charge in [-0.05, 0) is 36.8 Å². The Morgan fingerprint density at radius 1 is 1.24 bits per heavy atom. The van der Waals surface area contributed by atoms with Gasteiger partial charge in [0.15, 0.2) is 10.8 Å². The Morgan fingerprint density at radius 2 is 1.97 bits per heavy atom. The van der Waals surface area contributed by atoms with E-state index in [1.807, 2.05) is 0 Å². The van der Waals surface area contributed by atoms with E-state index in [2.05, 4.69) is 9.97 Å². The first-order chi connectivity index (χ1) is 13.6. The Morgan fingerprint density at radius 3 is 2.59 bits per heavy atom. The summed E-state index contributed by atoms with van der Waals surface area (Å²) in [5, 5.41) is 8.67. The van der Waals surface area contributed by atoms with Crippen molar-refractivity contribution in [3.63, 3.8) is 0 Å². The van der Waals surface area contributed by atoms with Crippen molar-refractivity contribution >= 4 is 16.1 Å². The number of amides is 1. The molecule has 0 atom stereocenters. The van der Waals surface area contributed by atoms with Crippen molar-refractivity contribution in [2.75, 3.05) is 7.05 Å². The minimum Gasteiger partial charge on any atom is -0.465 e. The molecule has 1 amide bonds. The molecule has 29 heavy (non-hydrogen) atoms. The number of rotatable bonds is 5. The van der Waals surface area contributed by atoms with E-state index in [-0.39, 0.29) is 16.2 Å². The second-order valence-corrected chi connectivity index (χ2v) is 8.03. The first-order valence-corrected chi connectivity index (χ1v) is 9.70. The third kappa shape index (κ3) is 3.81. The minimum atomic E-state index is -4.41. The molecule has 0 unspecified atom stereocenters. The molecule has 0 aliphatic heterocycles. The maximum atomic E-state index is 15.2. The Balaban J connectivity index is 2.28. The standard InChI is InChI=1S/C18H16F2N4O4S/c1-11-5-7-21-14(8-11)29(27,28)24-10-12(9-23(2)18(25)26)15(19)16(24)13-4-3-6-22-17(13)20/h3-8,10H,9H2,1-2H3,(H,25,26). The molecule has 3 rings (SSSR count). The molecule has 8 nitrogen and oxygen atoms in total. The van der Waals surface area contributed by atoms with E-state index < -0.39 is 40.1 Å². The van der Waals surface area contributed by atoms with E-state index in [1.165, 1.54) is 31.4 Å². The van der Waals surface area contributed by atoms with Gasteiger partial charge in [-0.3, -0.25) is 0 Å². The Kier molecular flexibility index (Phi) is 5.33. The molecular weight excluding hydrogens is 406 g/mol. The van der Waals surface area contributed by atoms with Crippen molar-refractivity contribution in [3.8, 4) is 11.3 Å². The van der Waals surface area contributed by atoms with Gasteiger partial charge in [0.2, 0.25) is 5.95 Å². The van der Waals surface area contributed by atoms with Crippen LogP contribution in [0, 0.1) is 18.7 Å². The van der Waals surface area contributed by atoms with E-state index >= 15 is 4.39 Å². The molecule has 11 heteroatoms. The molecule has 3 heterocycles. The van der Waals surface area contributed by atoms with Crippen LogP contribution in [0.5, 0.6) is 0 Å². The van der Waals surface area contributed by atoms with E-state index in [1.54, 1.807) is 13.0 Å². The van der Waals surface area contributed by atoms with Crippen molar-refractivity contribution in [1.29, 1.82) is 0 Å². The number of carbonyl (C=O) groups is 1. The topological polar surface area (TPSA) is 105 Å². The second kappa shape index (κ2) is 7.59. The van der Waals surface area contributed by atoms with Gasteiger partial charge >= 0.3 is 6.09 Å². The quantitative estimate of drug-likeness (QED) is 0.634. The predicted molar refractivity (Wildman–Crippen MR) is 98.6 cm³/mol. The van der Waals surface area contributed by atoms with Crippen LogP contribution < -0.4 is 0 Å². The highest BCUT2D eigenvalue weighted by Crippen LogP contribution is 2.32. The molecule has 0 spiro atoms. The monoisotopic (exact) mass is 422 g/mol. The van der Waals surface area contributed by atoms with E-state index in [0.29, 0.717) is 9.54 Å². The van der Waals surface area contributed by atoms with Crippen molar-refractivity contribution in [2.45, 2.75) is 18.5 Å². The fourth-order valence-electron chi connectivity index (χ4n) is 2.68. The molecule has 3 aromatic heterocycles. The summed E-state index contributed by atoms with van der Waals surface area (Å²) in [6.07, 6.45) is 2.01. The molecule has 0 radical (unpaired) electrons. The van der Waals surface area contributed by atoms with Gasteiger partial charge in [0.1, 0.15) is 5.69 Å². The lowest BCUT2D eigenvalue weighted by Crippen LogP contribution is -2.24. The maximum Gasteiger partial charge on any atom is 0.407 e. The van der Waals surface area contributed by atoms with Crippen molar-refractivity contribution < 1.29 is 27.1 Å². The van der Waals surface area contributed by atoms with E-state index in [9.17, 15) is 17.6 Å². The molecule has 0 bridgehead atoms. The van der Waals surface area contributed by atoms with Crippen molar-refractivity contribution in [3.05, 3.63) is 65.7 Å². The second-order valence-electron chi connectivity index (χ2n) is 6.27. The highest BCUT2D eigenvalue weighted by molar-refractivity contribution is 7.90. The molecule has 0 saturated carbocycles. The van der Waals surface area contributed by atoms with Crippen molar-refractivity contribution in [1.82, 2.24) is 18.8 Å². The summed E-state index contributed by atoms with van der Waals surface area (Å²) in [6, 6.07) is 5.39. The fourth-order valence-corrected chi connectivity index (χ4v) is 4.10. The summed E-state index contributed by atoms with van der Waals surface area (Å²) in [5.74, 6) is -2.14. The maximum absolute atomic E-state index is 15.2. The normalized spacial score (nSPS) is 11.4. The van der Waals surface area contributed by atoms with Crippen LogP contribution in [0.25, 0.3) is 11.3 Å². The Hall–Kier alpha value is -3.34. The van der Waals surface area contributed by atoms with Crippen LogP contribution in [-0.2, 0) is 16.6 Å². The fraction of sp³-hybridized carbons (Fsp3) is 0.167. The average molecular weight is 422 g/mol. The smallest absolute Gasteiger partial charge is 0.407 e. The van der Waals surface area contributed by atoms with Crippen LogP contribution in [0.3, 0.4) is 0 Å². The van der Waals surface area contributed by atoms with Gasteiger partial charge < -0.3 is 10.0 Å². The molecule has 0 aliphatic rings. The lowest BCUT2D eigenvalue weighted by molar-refractivity contribution is 0.153. The van der Waals surface area contributed by atoms with Crippen LogP contribution in [0.2, 0.25) is 0 Å². The molecular formula is C18H16F2N4O4S. The van der Waals surface area contributed by atoms with Gasteiger partial charge in [-0.25, -0.2) is 23.1 Å². The summed E-state index contributed by atoms with van der Waals surface area (Å²) < 4.78 is 56.3. The number of pyridine rings is 2. The minimum absolute atomic E-state index is 0.246. The van der Waals surface area contributed by atoms with Gasteiger partial charge in [0.05, 0.1) is 12.1 Å². The zero-order valence-electron chi connectivity index (χ0n) is 15.4. The summed E-state index contributed by atoms with van der Waals surface area (Å²) in [5.41, 5.74) is -0.617. The third-order valence-electron chi connectivity index (χ3n) is 4.15. The van der Waals surface area contributed by atoms with Crippen LogP contribution >= 0.6 is 0 Å². The highest BCUT2D eigenvalue weighted by Gasteiger charge is 2.30. The summed E-state index contributed by atoms with van der Waals surface area (Å²) >= 11 is 0. The zero-order chi connectivity index (χ0) is 21.3. The van der Waals surface area contributed by atoms with Gasteiger partial charge in [0.25, 0.3) is 10.0 Å². The third-order valence-corrected chi connectivity index (χ3v) is 5.70. The van der Waals surface area contributed by atoms with Crippen LogP contribution in [-0.4, -0.2) is 45.5 Å². The Bertz CT molecular complexity index is 1190. The number of hydrogen-bond donors (Lipinski definition) is 1. The molecule has 3 aromatic rings. The number of hydrogen-bond acceptors (Lipinski definition) is 5. The number of aryl methyl sites for hydroxylation is 1. The van der Waals surface area contributed by atoms with Gasteiger partial charge in [-0.15, -0.1) is 0 Å². The van der Waals surface area contributed by atoms with Crippen LogP contribution in [0.4, 0.5) is 13.6 Å².